The summed E-state index contributed by atoms with van der Waals surface area (Å²) in [5.74, 6) is -0.307. The monoisotopic (exact) mass is 297 g/mol. The van der Waals surface area contributed by atoms with Crippen LogP contribution in [0.2, 0.25) is 5.02 Å². The van der Waals surface area contributed by atoms with Crippen LogP contribution >= 0.6 is 11.6 Å². The summed E-state index contributed by atoms with van der Waals surface area (Å²) in [5.41, 5.74) is 2.38. The van der Waals surface area contributed by atoms with Crippen LogP contribution in [-0.4, -0.2) is 15.9 Å². The smallest absolute Gasteiger partial charge is 0.274 e. The lowest BCUT2D eigenvalue weighted by atomic mass is 10.2. The van der Waals surface area contributed by atoms with Crippen molar-refractivity contribution >= 4 is 34.1 Å². The Labute approximate surface area is 126 Å². The van der Waals surface area contributed by atoms with Crippen LogP contribution in [0.4, 0.5) is 5.69 Å². The third kappa shape index (κ3) is 2.71. The molecule has 0 saturated carbocycles. The molecular weight excluding hydrogens is 286 g/mol. The Morgan fingerprint density at radius 2 is 2.00 bits per heavy atom. The number of hydrogen-bond donors (Lipinski definition) is 1. The van der Waals surface area contributed by atoms with Crippen LogP contribution in [0.5, 0.6) is 0 Å². The van der Waals surface area contributed by atoms with E-state index in [4.69, 9.17) is 11.6 Å². The van der Waals surface area contributed by atoms with E-state index in [1.54, 1.807) is 24.4 Å². The molecule has 0 bridgehead atoms. The molecule has 1 aromatic carbocycles. The van der Waals surface area contributed by atoms with E-state index in [0.717, 1.165) is 11.1 Å². The van der Waals surface area contributed by atoms with Crippen LogP contribution in [0.25, 0.3) is 10.9 Å². The number of anilines is 1. The maximum absolute atomic E-state index is 12.3. The maximum Gasteiger partial charge on any atom is 0.274 e. The van der Waals surface area contributed by atoms with Crippen LogP contribution in [0.15, 0.2) is 48.7 Å². The van der Waals surface area contributed by atoms with Crippen LogP contribution < -0.4 is 5.32 Å². The molecule has 0 radical (unpaired) electrons. The summed E-state index contributed by atoms with van der Waals surface area (Å²) in [6.07, 6.45) is 1.68. The third-order valence-corrected chi connectivity index (χ3v) is 3.47. The molecule has 0 fully saturated rings. The van der Waals surface area contributed by atoms with Crippen LogP contribution in [0, 0.1) is 6.92 Å². The molecule has 0 aliphatic heterocycles. The molecule has 0 spiro atoms. The zero-order chi connectivity index (χ0) is 14.8. The van der Waals surface area contributed by atoms with Gasteiger partial charge in [0.15, 0.2) is 0 Å². The number of para-hydroxylation sites is 1. The van der Waals surface area contributed by atoms with Gasteiger partial charge in [-0.05, 0) is 31.2 Å². The van der Waals surface area contributed by atoms with E-state index in [9.17, 15) is 4.79 Å². The molecule has 21 heavy (non-hydrogen) atoms. The molecule has 2 heterocycles. The van der Waals surface area contributed by atoms with Gasteiger partial charge in [0.25, 0.3) is 5.91 Å². The summed E-state index contributed by atoms with van der Waals surface area (Å²) in [7, 11) is 0. The van der Waals surface area contributed by atoms with Gasteiger partial charge in [0.05, 0.1) is 21.9 Å². The predicted molar refractivity (Wildman–Crippen MR) is 83.7 cm³/mol. The molecular formula is C16H12ClN3O. The molecule has 104 valence electrons. The van der Waals surface area contributed by atoms with Crippen LogP contribution in [0.1, 0.15) is 16.2 Å². The van der Waals surface area contributed by atoms with Gasteiger partial charge in [0, 0.05) is 11.6 Å². The lowest BCUT2D eigenvalue weighted by molar-refractivity contribution is 0.102. The van der Waals surface area contributed by atoms with E-state index in [-0.39, 0.29) is 11.6 Å². The molecule has 0 saturated heterocycles. The number of carbonyl (C=O) groups excluding carboxylic acids is 1. The van der Waals surface area contributed by atoms with Crippen molar-refractivity contribution in [2.45, 2.75) is 6.92 Å². The normalized spacial score (nSPS) is 10.6. The summed E-state index contributed by atoms with van der Waals surface area (Å²) in [6.45, 7) is 1.83. The quantitative estimate of drug-likeness (QED) is 0.782. The number of amides is 1. The topological polar surface area (TPSA) is 54.9 Å². The number of aryl methyl sites for hydroxylation is 1. The first-order chi connectivity index (χ1) is 10.1. The van der Waals surface area contributed by atoms with Gasteiger partial charge in [-0.3, -0.25) is 9.78 Å². The molecule has 5 heteroatoms. The van der Waals surface area contributed by atoms with Crippen molar-refractivity contribution in [3.8, 4) is 0 Å². The zero-order valence-electron chi connectivity index (χ0n) is 11.3. The molecule has 0 atom stereocenters. The number of halogens is 1. The SMILES string of the molecule is Cc1ncccc1NC(=O)c1cc(Cl)c2ccccc2n1. The number of aromatic nitrogens is 2. The van der Waals surface area contributed by atoms with Gasteiger partial charge in [-0.1, -0.05) is 29.8 Å². The molecule has 3 rings (SSSR count). The highest BCUT2D eigenvalue weighted by atomic mass is 35.5. The largest absolute Gasteiger partial charge is 0.319 e. The fourth-order valence-electron chi connectivity index (χ4n) is 2.05. The van der Waals surface area contributed by atoms with Crippen molar-refractivity contribution in [1.29, 1.82) is 0 Å². The molecule has 1 amide bonds. The van der Waals surface area contributed by atoms with E-state index >= 15 is 0 Å². The number of pyridine rings is 2. The maximum atomic E-state index is 12.3. The van der Waals surface area contributed by atoms with Crippen molar-refractivity contribution < 1.29 is 4.79 Å². The molecule has 2 aromatic heterocycles. The van der Waals surface area contributed by atoms with E-state index in [1.165, 1.54) is 0 Å². The van der Waals surface area contributed by atoms with Crippen LogP contribution in [0.3, 0.4) is 0 Å². The minimum Gasteiger partial charge on any atom is -0.319 e. The first-order valence-electron chi connectivity index (χ1n) is 6.43. The Kier molecular flexibility index (Phi) is 3.54. The molecule has 3 aromatic rings. The van der Waals surface area contributed by atoms with Gasteiger partial charge in [0.2, 0.25) is 0 Å². The fraction of sp³-hybridized carbons (Fsp3) is 0.0625. The number of nitrogens with zero attached hydrogens (tertiary/aromatic N) is 2. The predicted octanol–water partition coefficient (Wildman–Crippen LogP) is 3.84. The Morgan fingerprint density at radius 1 is 1.19 bits per heavy atom. The minimum atomic E-state index is -0.307. The van der Waals surface area contributed by atoms with Crippen molar-refractivity contribution in [3.63, 3.8) is 0 Å². The number of rotatable bonds is 2. The van der Waals surface area contributed by atoms with Gasteiger partial charge < -0.3 is 5.32 Å². The zero-order valence-corrected chi connectivity index (χ0v) is 12.1. The Balaban J connectivity index is 1.97. The van der Waals surface area contributed by atoms with Gasteiger partial charge in [-0.25, -0.2) is 4.98 Å². The molecule has 1 N–H and O–H groups in total. The first-order valence-corrected chi connectivity index (χ1v) is 6.81. The van der Waals surface area contributed by atoms with E-state index in [2.05, 4.69) is 15.3 Å². The van der Waals surface area contributed by atoms with E-state index in [0.29, 0.717) is 16.2 Å². The van der Waals surface area contributed by atoms with Gasteiger partial charge in [0.1, 0.15) is 5.69 Å². The number of carbonyl (C=O) groups is 1. The number of fused-ring (bicyclic) bond motifs is 1. The number of hydrogen-bond acceptors (Lipinski definition) is 3. The van der Waals surface area contributed by atoms with Crippen LogP contribution in [-0.2, 0) is 0 Å². The Hall–Kier alpha value is -2.46. The number of nitrogens with one attached hydrogen (secondary N) is 1. The van der Waals surface area contributed by atoms with Gasteiger partial charge >= 0.3 is 0 Å². The van der Waals surface area contributed by atoms with Crippen molar-refractivity contribution in [2.24, 2.45) is 0 Å². The summed E-state index contributed by atoms with van der Waals surface area (Å²) >= 11 is 6.21. The minimum absolute atomic E-state index is 0.280. The second-order valence-electron chi connectivity index (χ2n) is 4.60. The van der Waals surface area contributed by atoms with Gasteiger partial charge in [-0.15, -0.1) is 0 Å². The second kappa shape index (κ2) is 5.50. The average Bonchev–Trinajstić information content (AvgIpc) is 2.49. The molecule has 4 nitrogen and oxygen atoms in total. The van der Waals surface area contributed by atoms with Crippen molar-refractivity contribution in [2.75, 3.05) is 5.32 Å². The van der Waals surface area contributed by atoms with E-state index in [1.807, 2.05) is 31.2 Å². The second-order valence-corrected chi connectivity index (χ2v) is 5.00. The summed E-state index contributed by atoms with van der Waals surface area (Å²) in [4.78, 5) is 20.8. The fourth-order valence-corrected chi connectivity index (χ4v) is 2.32. The lowest BCUT2D eigenvalue weighted by Gasteiger charge is -2.08. The summed E-state index contributed by atoms with van der Waals surface area (Å²) < 4.78 is 0. The Bertz CT molecular complexity index is 833. The summed E-state index contributed by atoms with van der Waals surface area (Å²) in [5, 5.41) is 4.13. The summed E-state index contributed by atoms with van der Waals surface area (Å²) in [6, 6.07) is 12.6. The lowest BCUT2D eigenvalue weighted by Crippen LogP contribution is -2.14. The highest BCUT2D eigenvalue weighted by molar-refractivity contribution is 6.35. The van der Waals surface area contributed by atoms with Crippen molar-refractivity contribution in [1.82, 2.24) is 9.97 Å². The standard InChI is InChI=1S/C16H12ClN3O/c1-10-13(7-4-8-18-10)20-16(21)15-9-12(17)11-5-2-3-6-14(11)19-15/h2-9H,1H3,(H,20,21). The average molecular weight is 298 g/mol. The van der Waals surface area contributed by atoms with E-state index < -0.39 is 0 Å². The third-order valence-electron chi connectivity index (χ3n) is 3.15. The molecule has 0 aliphatic carbocycles. The highest BCUT2D eigenvalue weighted by Gasteiger charge is 2.12. The van der Waals surface area contributed by atoms with Crippen molar-refractivity contribution in [3.05, 3.63) is 65.1 Å². The molecule has 0 aliphatic rings. The van der Waals surface area contributed by atoms with Gasteiger partial charge in [-0.2, -0.15) is 0 Å². The first kappa shape index (κ1) is 13.5. The number of benzene rings is 1. The highest BCUT2D eigenvalue weighted by Crippen LogP contribution is 2.23. The molecule has 0 unspecified atom stereocenters. The Morgan fingerprint density at radius 3 is 2.81 bits per heavy atom.